The molecule has 5 heteroatoms. The Morgan fingerprint density at radius 3 is 2.94 bits per heavy atom. The minimum Gasteiger partial charge on any atom is -0.317 e. The lowest BCUT2D eigenvalue weighted by Crippen LogP contribution is -2.35. The van der Waals surface area contributed by atoms with Gasteiger partial charge < -0.3 is 5.32 Å². The highest BCUT2D eigenvalue weighted by atomic mass is 16.7. The lowest BCUT2D eigenvalue weighted by atomic mass is 9.96. The SMILES string of the molecule is O=C(NC1CCCCC1)ON=Cc1ccccn1. The van der Waals surface area contributed by atoms with Crippen LogP contribution in [0.3, 0.4) is 0 Å². The molecule has 1 aliphatic carbocycles. The van der Waals surface area contributed by atoms with Gasteiger partial charge in [0.2, 0.25) is 0 Å². The molecule has 1 aromatic heterocycles. The molecule has 0 spiro atoms. The van der Waals surface area contributed by atoms with Gasteiger partial charge in [-0.2, -0.15) is 0 Å². The standard InChI is InChI=1S/C13H17N3O2/c17-13(16-11-6-2-1-3-7-11)18-15-10-12-8-4-5-9-14-12/h4-5,8-11H,1-3,6-7H2,(H,16,17). The number of carbonyl (C=O) groups is 1. The summed E-state index contributed by atoms with van der Waals surface area (Å²) in [7, 11) is 0. The van der Waals surface area contributed by atoms with Gasteiger partial charge >= 0.3 is 6.09 Å². The summed E-state index contributed by atoms with van der Waals surface area (Å²) in [6.07, 6.45) is 8.23. The second kappa shape index (κ2) is 6.74. The minimum absolute atomic E-state index is 0.233. The molecule has 0 aliphatic heterocycles. The van der Waals surface area contributed by atoms with Gasteiger partial charge in [-0.3, -0.25) is 9.82 Å². The van der Waals surface area contributed by atoms with Gasteiger partial charge in [-0.05, 0) is 25.0 Å². The number of pyridine rings is 1. The van der Waals surface area contributed by atoms with E-state index in [0.717, 1.165) is 12.8 Å². The maximum Gasteiger partial charge on any atom is 0.433 e. The highest BCUT2D eigenvalue weighted by Gasteiger charge is 2.16. The Balaban J connectivity index is 1.72. The van der Waals surface area contributed by atoms with Crippen molar-refractivity contribution in [3.05, 3.63) is 30.1 Å². The van der Waals surface area contributed by atoms with Crippen molar-refractivity contribution in [3.63, 3.8) is 0 Å². The number of aromatic nitrogens is 1. The van der Waals surface area contributed by atoms with E-state index in [-0.39, 0.29) is 6.04 Å². The smallest absolute Gasteiger partial charge is 0.317 e. The molecular formula is C13H17N3O2. The van der Waals surface area contributed by atoms with E-state index in [1.54, 1.807) is 12.3 Å². The summed E-state index contributed by atoms with van der Waals surface area (Å²) in [5, 5.41) is 6.42. The maximum atomic E-state index is 11.4. The van der Waals surface area contributed by atoms with Crippen molar-refractivity contribution in [2.24, 2.45) is 5.16 Å². The van der Waals surface area contributed by atoms with Crippen LogP contribution in [-0.2, 0) is 4.84 Å². The highest BCUT2D eigenvalue weighted by Crippen LogP contribution is 2.17. The van der Waals surface area contributed by atoms with E-state index in [9.17, 15) is 4.79 Å². The van der Waals surface area contributed by atoms with Crippen LogP contribution in [0, 0.1) is 0 Å². The molecule has 1 amide bonds. The second-order valence-corrected chi connectivity index (χ2v) is 4.35. The van der Waals surface area contributed by atoms with Crippen molar-refractivity contribution in [3.8, 4) is 0 Å². The van der Waals surface area contributed by atoms with Crippen molar-refractivity contribution in [1.29, 1.82) is 0 Å². The second-order valence-electron chi connectivity index (χ2n) is 4.35. The summed E-state index contributed by atoms with van der Waals surface area (Å²) in [6.45, 7) is 0. The van der Waals surface area contributed by atoms with Gasteiger partial charge in [-0.15, -0.1) is 0 Å². The summed E-state index contributed by atoms with van der Waals surface area (Å²) in [4.78, 5) is 20.2. The van der Waals surface area contributed by atoms with Crippen LogP contribution in [0.1, 0.15) is 37.8 Å². The summed E-state index contributed by atoms with van der Waals surface area (Å²) < 4.78 is 0. The summed E-state index contributed by atoms with van der Waals surface area (Å²) >= 11 is 0. The number of carbonyl (C=O) groups excluding carboxylic acids is 1. The topological polar surface area (TPSA) is 63.6 Å². The van der Waals surface area contributed by atoms with Crippen LogP contribution in [0.5, 0.6) is 0 Å². The summed E-state index contributed by atoms with van der Waals surface area (Å²) in [5.41, 5.74) is 0.656. The molecule has 0 bridgehead atoms. The number of rotatable bonds is 3. The molecule has 1 N–H and O–H groups in total. The quantitative estimate of drug-likeness (QED) is 0.507. The lowest BCUT2D eigenvalue weighted by Gasteiger charge is -2.21. The van der Waals surface area contributed by atoms with E-state index in [2.05, 4.69) is 15.5 Å². The van der Waals surface area contributed by atoms with E-state index in [1.807, 2.05) is 12.1 Å². The molecular weight excluding hydrogens is 230 g/mol. The molecule has 1 aromatic rings. The average molecular weight is 247 g/mol. The van der Waals surface area contributed by atoms with E-state index >= 15 is 0 Å². The monoisotopic (exact) mass is 247 g/mol. The predicted molar refractivity (Wildman–Crippen MR) is 68.3 cm³/mol. The van der Waals surface area contributed by atoms with Crippen molar-refractivity contribution < 1.29 is 9.63 Å². The fourth-order valence-electron chi connectivity index (χ4n) is 2.02. The Kier molecular flexibility index (Phi) is 4.69. The molecule has 1 aliphatic rings. The number of oxime groups is 1. The highest BCUT2D eigenvalue weighted by molar-refractivity contribution is 5.77. The molecule has 1 fully saturated rings. The fraction of sp³-hybridized carbons (Fsp3) is 0.462. The van der Waals surface area contributed by atoms with Gasteiger partial charge in [0.25, 0.3) is 0 Å². The van der Waals surface area contributed by atoms with Gasteiger partial charge in [-0.1, -0.05) is 30.5 Å². The van der Waals surface area contributed by atoms with Crippen LogP contribution >= 0.6 is 0 Å². The van der Waals surface area contributed by atoms with Crippen LogP contribution in [0.4, 0.5) is 4.79 Å². The third-order valence-corrected chi connectivity index (χ3v) is 2.94. The third kappa shape index (κ3) is 4.16. The first-order valence-corrected chi connectivity index (χ1v) is 6.26. The van der Waals surface area contributed by atoms with Gasteiger partial charge in [0.15, 0.2) is 0 Å². The Bertz CT molecular complexity index is 400. The summed E-state index contributed by atoms with van der Waals surface area (Å²) in [5.74, 6) is 0. The largest absolute Gasteiger partial charge is 0.433 e. The molecule has 96 valence electrons. The van der Waals surface area contributed by atoms with Crippen LogP contribution in [0.25, 0.3) is 0 Å². The Morgan fingerprint density at radius 2 is 2.22 bits per heavy atom. The first-order valence-electron chi connectivity index (χ1n) is 6.26. The van der Waals surface area contributed by atoms with Gasteiger partial charge in [0.1, 0.15) is 0 Å². The Hall–Kier alpha value is -1.91. The number of hydrogen-bond acceptors (Lipinski definition) is 4. The summed E-state index contributed by atoms with van der Waals surface area (Å²) in [6, 6.07) is 5.67. The number of hydrogen-bond donors (Lipinski definition) is 1. The molecule has 18 heavy (non-hydrogen) atoms. The number of nitrogens with one attached hydrogen (secondary N) is 1. The van der Waals surface area contributed by atoms with Crippen LogP contribution in [-0.4, -0.2) is 23.3 Å². The first kappa shape index (κ1) is 12.5. The minimum atomic E-state index is -0.492. The van der Waals surface area contributed by atoms with E-state index < -0.39 is 6.09 Å². The van der Waals surface area contributed by atoms with Gasteiger partial charge in [0.05, 0.1) is 11.9 Å². The zero-order valence-corrected chi connectivity index (χ0v) is 10.2. The molecule has 0 radical (unpaired) electrons. The Morgan fingerprint density at radius 1 is 1.39 bits per heavy atom. The zero-order chi connectivity index (χ0) is 12.6. The number of amides is 1. The van der Waals surface area contributed by atoms with Crippen molar-refractivity contribution >= 4 is 12.3 Å². The van der Waals surface area contributed by atoms with Gasteiger partial charge in [0, 0.05) is 12.2 Å². The zero-order valence-electron chi connectivity index (χ0n) is 10.2. The molecule has 2 rings (SSSR count). The fourth-order valence-corrected chi connectivity index (χ4v) is 2.02. The molecule has 1 heterocycles. The van der Waals surface area contributed by atoms with Gasteiger partial charge in [-0.25, -0.2) is 4.79 Å². The van der Waals surface area contributed by atoms with Crippen LogP contribution < -0.4 is 5.32 Å². The molecule has 0 atom stereocenters. The van der Waals surface area contributed by atoms with Crippen LogP contribution in [0.2, 0.25) is 0 Å². The number of nitrogens with zero attached hydrogens (tertiary/aromatic N) is 2. The normalized spacial score (nSPS) is 16.7. The van der Waals surface area contributed by atoms with E-state index in [0.29, 0.717) is 5.69 Å². The Labute approximate surface area is 106 Å². The molecule has 5 nitrogen and oxygen atoms in total. The average Bonchev–Trinajstić information content (AvgIpc) is 2.41. The molecule has 0 saturated heterocycles. The third-order valence-electron chi connectivity index (χ3n) is 2.94. The predicted octanol–water partition coefficient (Wildman–Crippen LogP) is 2.47. The van der Waals surface area contributed by atoms with Crippen LogP contribution in [0.15, 0.2) is 29.6 Å². The van der Waals surface area contributed by atoms with E-state index in [4.69, 9.17) is 4.84 Å². The molecule has 0 aromatic carbocycles. The first-order chi connectivity index (χ1) is 8.84. The van der Waals surface area contributed by atoms with Crippen molar-refractivity contribution in [1.82, 2.24) is 10.3 Å². The lowest BCUT2D eigenvalue weighted by molar-refractivity contribution is 0.144. The molecule has 1 saturated carbocycles. The molecule has 0 unspecified atom stereocenters. The maximum absolute atomic E-state index is 11.4. The van der Waals surface area contributed by atoms with Crippen molar-refractivity contribution in [2.75, 3.05) is 0 Å². The van der Waals surface area contributed by atoms with Crippen molar-refractivity contribution in [2.45, 2.75) is 38.1 Å². The van der Waals surface area contributed by atoms with E-state index in [1.165, 1.54) is 25.5 Å².